The van der Waals surface area contributed by atoms with Crippen LogP contribution in [0, 0.1) is 40.4 Å². The molecular weight excluding hydrogens is 386 g/mol. The van der Waals surface area contributed by atoms with Crippen LogP contribution in [0.2, 0.25) is 0 Å². The molecule has 4 aliphatic carbocycles. The standard InChI is InChI=1S/C27H43NO3/c1-16(2)24(28-6)25(30)31-19-11-13-26(4)18(15-19)7-8-20-22-10-9-21(17(3)29)27(22,5)14-12-23(20)26/h15-16,19-24,28H,7-14H2,1-6H3/t19-,20?,21+,22?,23?,24-,26-,27+/m0/s1. The number of carbonyl (C=O) groups excluding carboxylic acids is 2. The number of esters is 1. The summed E-state index contributed by atoms with van der Waals surface area (Å²) in [6, 6.07) is -0.241. The van der Waals surface area contributed by atoms with Crippen molar-refractivity contribution >= 4 is 11.8 Å². The van der Waals surface area contributed by atoms with Gasteiger partial charge in [-0.2, -0.15) is 0 Å². The molecule has 0 aromatic carbocycles. The van der Waals surface area contributed by atoms with Gasteiger partial charge in [0.2, 0.25) is 0 Å². The molecule has 0 aliphatic heterocycles. The lowest BCUT2D eigenvalue weighted by Crippen LogP contribution is -2.51. The smallest absolute Gasteiger partial charge is 0.323 e. The molecule has 3 saturated carbocycles. The van der Waals surface area contributed by atoms with E-state index < -0.39 is 0 Å². The van der Waals surface area contributed by atoms with E-state index in [-0.39, 0.29) is 40.8 Å². The zero-order chi connectivity index (χ0) is 22.6. The molecule has 0 spiro atoms. The summed E-state index contributed by atoms with van der Waals surface area (Å²) in [5.41, 5.74) is 1.99. The Hall–Kier alpha value is -1.16. The van der Waals surface area contributed by atoms with Crippen molar-refractivity contribution in [3.63, 3.8) is 0 Å². The summed E-state index contributed by atoms with van der Waals surface area (Å²) in [6.07, 6.45) is 11.4. The predicted molar refractivity (Wildman–Crippen MR) is 123 cm³/mol. The van der Waals surface area contributed by atoms with Crippen LogP contribution in [0.4, 0.5) is 0 Å². The number of hydrogen-bond acceptors (Lipinski definition) is 4. The number of allylic oxidation sites excluding steroid dienone is 1. The Labute approximate surface area is 189 Å². The van der Waals surface area contributed by atoms with Crippen LogP contribution in [-0.2, 0) is 14.3 Å². The summed E-state index contributed by atoms with van der Waals surface area (Å²) in [4.78, 5) is 25.0. The maximum absolute atomic E-state index is 12.7. The molecule has 4 aliphatic rings. The maximum atomic E-state index is 12.7. The minimum Gasteiger partial charge on any atom is -0.457 e. The molecule has 31 heavy (non-hydrogen) atoms. The number of carbonyl (C=O) groups is 2. The van der Waals surface area contributed by atoms with Crippen molar-refractivity contribution in [3.8, 4) is 0 Å². The van der Waals surface area contributed by atoms with Crippen molar-refractivity contribution in [2.24, 2.45) is 40.4 Å². The fraction of sp³-hybridized carbons (Fsp3) is 0.852. The monoisotopic (exact) mass is 429 g/mol. The summed E-state index contributed by atoms with van der Waals surface area (Å²) in [5, 5.41) is 3.11. The van der Waals surface area contributed by atoms with Crippen LogP contribution in [0.1, 0.15) is 86.0 Å². The molecule has 4 heteroatoms. The zero-order valence-corrected chi connectivity index (χ0v) is 20.5. The van der Waals surface area contributed by atoms with Gasteiger partial charge in [-0.15, -0.1) is 0 Å². The summed E-state index contributed by atoms with van der Waals surface area (Å²) in [5.74, 6) is 2.96. The van der Waals surface area contributed by atoms with Crippen LogP contribution in [-0.4, -0.2) is 30.9 Å². The van der Waals surface area contributed by atoms with Gasteiger partial charge >= 0.3 is 5.97 Å². The van der Waals surface area contributed by atoms with Crippen LogP contribution in [0.5, 0.6) is 0 Å². The molecule has 0 aromatic heterocycles. The van der Waals surface area contributed by atoms with Gasteiger partial charge in [0.15, 0.2) is 0 Å². The number of fused-ring (bicyclic) bond motifs is 5. The molecule has 0 radical (unpaired) electrons. The Morgan fingerprint density at radius 2 is 1.81 bits per heavy atom. The highest BCUT2D eigenvalue weighted by molar-refractivity contribution is 5.79. The lowest BCUT2D eigenvalue weighted by atomic mass is 9.46. The lowest BCUT2D eigenvalue weighted by molar-refractivity contribution is -0.152. The van der Waals surface area contributed by atoms with E-state index in [2.05, 4.69) is 39.1 Å². The van der Waals surface area contributed by atoms with Crippen LogP contribution in [0.15, 0.2) is 11.6 Å². The molecular formula is C27H43NO3. The van der Waals surface area contributed by atoms with Crippen molar-refractivity contribution in [2.75, 3.05) is 7.05 Å². The number of hydrogen-bond donors (Lipinski definition) is 1. The summed E-state index contributed by atoms with van der Waals surface area (Å²) in [7, 11) is 1.83. The number of ketones is 1. The van der Waals surface area contributed by atoms with Gasteiger partial charge in [0, 0.05) is 5.92 Å². The summed E-state index contributed by atoms with van der Waals surface area (Å²) >= 11 is 0. The first-order valence-corrected chi connectivity index (χ1v) is 12.7. The van der Waals surface area contributed by atoms with E-state index in [0.717, 1.165) is 31.6 Å². The third-order valence-electron chi connectivity index (χ3n) is 10.1. The number of rotatable bonds is 5. The highest BCUT2D eigenvalue weighted by Gasteiger charge is 2.59. The summed E-state index contributed by atoms with van der Waals surface area (Å²) < 4.78 is 5.95. The normalized spacial score (nSPS) is 42.8. The van der Waals surface area contributed by atoms with Crippen molar-refractivity contribution < 1.29 is 14.3 Å². The van der Waals surface area contributed by atoms with Crippen molar-refractivity contribution in [3.05, 3.63) is 11.6 Å². The summed E-state index contributed by atoms with van der Waals surface area (Å²) in [6.45, 7) is 10.8. The number of nitrogens with one attached hydrogen (secondary N) is 1. The SMILES string of the molecule is CN[C@H](C(=O)O[C@@H]1C=C2CCC3C(CC[C@@]4(C)C3CC[C@@H]4C(C)=O)[C@@]2(C)CC1)C(C)C. The Kier molecular flexibility index (Phi) is 6.17. The molecule has 0 bridgehead atoms. The minimum atomic E-state index is -0.241. The van der Waals surface area contributed by atoms with E-state index in [4.69, 9.17) is 4.74 Å². The Balaban J connectivity index is 1.50. The van der Waals surface area contributed by atoms with Crippen LogP contribution < -0.4 is 5.32 Å². The van der Waals surface area contributed by atoms with Crippen LogP contribution in [0.25, 0.3) is 0 Å². The van der Waals surface area contributed by atoms with Gasteiger partial charge < -0.3 is 10.1 Å². The Morgan fingerprint density at radius 3 is 2.45 bits per heavy atom. The average molecular weight is 430 g/mol. The van der Waals surface area contributed by atoms with Crippen molar-refractivity contribution in [1.82, 2.24) is 5.32 Å². The fourth-order valence-corrected chi connectivity index (χ4v) is 8.40. The van der Waals surface area contributed by atoms with E-state index in [1.165, 1.54) is 31.3 Å². The van der Waals surface area contributed by atoms with Gasteiger partial charge in [-0.3, -0.25) is 9.59 Å². The second kappa shape index (κ2) is 8.32. The molecule has 3 fully saturated rings. The second-order valence-electron chi connectivity index (χ2n) is 11.8. The molecule has 0 aromatic rings. The first-order valence-electron chi connectivity index (χ1n) is 12.7. The van der Waals surface area contributed by atoms with Gasteiger partial charge in [0.05, 0.1) is 0 Å². The lowest BCUT2D eigenvalue weighted by Gasteiger charge is -2.58. The highest BCUT2D eigenvalue weighted by atomic mass is 16.5. The molecule has 174 valence electrons. The number of ether oxygens (including phenoxy) is 1. The molecule has 3 unspecified atom stereocenters. The first-order chi connectivity index (χ1) is 14.6. The largest absolute Gasteiger partial charge is 0.457 e. The van der Waals surface area contributed by atoms with E-state index in [0.29, 0.717) is 17.6 Å². The van der Waals surface area contributed by atoms with E-state index in [9.17, 15) is 9.59 Å². The molecule has 0 amide bonds. The fourth-order valence-electron chi connectivity index (χ4n) is 8.40. The van der Waals surface area contributed by atoms with Crippen LogP contribution >= 0.6 is 0 Å². The third-order valence-corrected chi connectivity index (χ3v) is 10.1. The Morgan fingerprint density at radius 1 is 1.06 bits per heavy atom. The van der Waals surface area contributed by atoms with Gasteiger partial charge in [-0.05, 0) is 106 Å². The van der Waals surface area contributed by atoms with E-state index in [1.807, 2.05) is 14.0 Å². The van der Waals surface area contributed by atoms with Gasteiger partial charge in [0.1, 0.15) is 17.9 Å². The maximum Gasteiger partial charge on any atom is 0.323 e. The quantitative estimate of drug-likeness (QED) is 0.475. The molecule has 0 heterocycles. The minimum absolute atomic E-state index is 0.0795. The molecule has 0 saturated heterocycles. The second-order valence-corrected chi connectivity index (χ2v) is 11.8. The number of likely N-dealkylation sites (N-methyl/N-ethyl adjacent to an activating group) is 1. The molecule has 1 N–H and O–H groups in total. The van der Waals surface area contributed by atoms with Crippen molar-refractivity contribution in [2.45, 2.75) is 98.1 Å². The van der Waals surface area contributed by atoms with Gasteiger partial charge in [-0.1, -0.05) is 33.3 Å². The molecule has 8 atom stereocenters. The zero-order valence-electron chi connectivity index (χ0n) is 20.5. The van der Waals surface area contributed by atoms with E-state index >= 15 is 0 Å². The number of Topliss-reactive ketones (excluding diaryl/α,β-unsaturated/α-hetero) is 1. The van der Waals surface area contributed by atoms with Crippen LogP contribution in [0.3, 0.4) is 0 Å². The third kappa shape index (κ3) is 3.71. The molecule has 4 nitrogen and oxygen atoms in total. The molecule has 4 rings (SSSR count). The average Bonchev–Trinajstić information content (AvgIpc) is 3.06. The van der Waals surface area contributed by atoms with Gasteiger partial charge in [-0.25, -0.2) is 0 Å². The highest BCUT2D eigenvalue weighted by Crippen LogP contribution is 2.66. The predicted octanol–water partition coefficient (Wildman–Crippen LogP) is 5.31. The first kappa shape index (κ1) is 23.0. The van der Waals surface area contributed by atoms with Crippen molar-refractivity contribution in [1.29, 1.82) is 0 Å². The Bertz CT molecular complexity index is 758. The topological polar surface area (TPSA) is 55.4 Å². The van der Waals surface area contributed by atoms with E-state index in [1.54, 1.807) is 0 Å². The van der Waals surface area contributed by atoms with Gasteiger partial charge in [0.25, 0.3) is 0 Å².